The van der Waals surface area contributed by atoms with E-state index < -0.39 is 11.9 Å². The van der Waals surface area contributed by atoms with Gasteiger partial charge in [-0.3, -0.25) is 9.59 Å². The van der Waals surface area contributed by atoms with E-state index in [4.69, 9.17) is 14.2 Å². The van der Waals surface area contributed by atoms with Crippen LogP contribution in [0.1, 0.15) is 37.8 Å². The number of rotatable bonds is 3. The largest absolute Gasteiger partial charge is 0.490 e. The predicted molar refractivity (Wildman–Crippen MR) is 72.3 cm³/mol. The highest BCUT2D eigenvalue weighted by atomic mass is 16.6. The summed E-state index contributed by atoms with van der Waals surface area (Å²) in [6.07, 6.45) is 3.81. The van der Waals surface area contributed by atoms with Crippen LogP contribution in [0, 0.1) is 0 Å². The summed E-state index contributed by atoms with van der Waals surface area (Å²) < 4.78 is 15.8. The van der Waals surface area contributed by atoms with E-state index in [1.165, 1.54) is 21.0 Å². The summed E-state index contributed by atoms with van der Waals surface area (Å²) in [5.74, 6) is 0.130. The Bertz CT molecular complexity index is 548. The fourth-order valence-electron chi connectivity index (χ4n) is 2.50. The van der Waals surface area contributed by atoms with Gasteiger partial charge in [0, 0.05) is 19.4 Å². The van der Waals surface area contributed by atoms with Crippen LogP contribution >= 0.6 is 0 Å². The molecule has 1 aliphatic rings. The van der Waals surface area contributed by atoms with Gasteiger partial charge in [-0.2, -0.15) is 0 Å². The lowest BCUT2D eigenvalue weighted by atomic mass is 9.90. The number of carbonyl (C=O) groups is 2. The number of ether oxygens (including phenoxy) is 3. The maximum atomic E-state index is 11.3. The Morgan fingerprint density at radius 2 is 1.65 bits per heavy atom. The van der Waals surface area contributed by atoms with Gasteiger partial charge in [0.2, 0.25) is 5.75 Å². The van der Waals surface area contributed by atoms with E-state index in [1.807, 2.05) is 6.07 Å². The lowest BCUT2D eigenvalue weighted by molar-refractivity contribution is -0.132. The monoisotopic (exact) mass is 278 g/mol. The number of methoxy groups -OCH3 is 1. The zero-order chi connectivity index (χ0) is 14.7. The van der Waals surface area contributed by atoms with Crippen LogP contribution < -0.4 is 14.2 Å². The molecular weight excluding hydrogens is 260 g/mol. The Hall–Kier alpha value is -2.04. The highest BCUT2D eigenvalue weighted by molar-refractivity contribution is 5.75. The van der Waals surface area contributed by atoms with Crippen molar-refractivity contribution < 1.29 is 23.8 Å². The highest BCUT2D eigenvalue weighted by Gasteiger charge is 2.25. The minimum atomic E-state index is -0.437. The van der Waals surface area contributed by atoms with Crippen molar-refractivity contribution >= 4 is 11.9 Å². The fraction of sp³-hybridized carbons (Fsp3) is 0.467. The van der Waals surface area contributed by atoms with Gasteiger partial charge in [-0.15, -0.1) is 0 Å². The van der Waals surface area contributed by atoms with Gasteiger partial charge in [0.25, 0.3) is 0 Å². The maximum absolute atomic E-state index is 11.3. The second kappa shape index (κ2) is 5.94. The van der Waals surface area contributed by atoms with Gasteiger partial charge in [-0.1, -0.05) is 0 Å². The van der Waals surface area contributed by atoms with Crippen molar-refractivity contribution in [2.24, 2.45) is 0 Å². The van der Waals surface area contributed by atoms with Crippen molar-refractivity contribution in [3.8, 4) is 17.2 Å². The van der Waals surface area contributed by atoms with E-state index in [1.54, 1.807) is 0 Å². The standard InChI is InChI=1S/C15H18O5/c1-9(16)19-13-8-11-6-4-5-7-12(11)14(15(13)18-3)20-10(2)17/h8H,4-7H2,1-3H3. The maximum Gasteiger partial charge on any atom is 0.308 e. The Morgan fingerprint density at radius 1 is 1.00 bits per heavy atom. The van der Waals surface area contributed by atoms with Crippen molar-refractivity contribution in [1.82, 2.24) is 0 Å². The molecule has 0 N–H and O–H groups in total. The first-order valence-corrected chi connectivity index (χ1v) is 6.62. The van der Waals surface area contributed by atoms with E-state index >= 15 is 0 Å². The van der Waals surface area contributed by atoms with Gasteiger partial charge in [0.05, 0.1) is 7.11 Å². The lowest BCUT2D eigenvalue weighted by Crippen LogP contribution is -2.13. The van der Waals surface area contributed by atoms with Crippen LogP contribution in [0.5, 0.6) is 17.2 Å². The number of hydrogen-bond donors (Lipinski definition) is 0. The molecule has 1 aromatic carbocycles. The van der Waals surface area contributed by atoms with E-state index in [0.717, 1.165) is 36.8 Å². The molecule has 0 radical (unpaired) electrons. The third-order valence-electron chi connectivity index (χ3n) is 3.22. The quantitative estimate of drug-likeness (QED) is 0.627. The number of fused-ring (bicyclic) bond motifs is 1. The first-order chi connectivity index (χ1) is 9.52. The topological polar surface area (TPSA) is 61.8 Å². The van der Waals surface area contributed by atoms with Gasteiger partial charge in [0.15, 0.2) is 11.5 Å². The smallest absolute Gasteiger partial charge is 0.308 e. The van der Waals surface area contributed by atoms with Crippen molar-refractivity contribution in [3.63, 3.8) is 0 Å². The molecule has 108 valence electrons. The van der Waals surface area contributed by atoms with Crippen molar-refractivity contribution in [2.75, 3.05) is 7.11 Å². The summed E-state index contributed by atoms with van der Waals surface area (Å²) in [6.45, 7) is 2.66. The van der Waals surface area contributed by atoms with E-state index in [0.29, 0.717) is 17.2 Å². The van der Waals surface area contributed by atoms with Crippen molar-refractivity contribution in [2.45, 2.75) is 39.5 Å². The molecule has 0 saturated carbocycles. The average Bonchev–Trinajstić information content (AvgIpc) is 2.37. The zero-order valence-corrected chi connectivity index (χ0v) is 11.9. The van der Waals surface area contributed by atoms with Crippen LogP contribution in [0.2, 0.25) is 0 Å². The molecule has 0 bridgehead atoms. The third kappa shape index (κ3) is 2.92. The molecule has 20 heavy (non-hydrogen) atoms. The third-order valence-corrected chi connectivity index (χ3v) is 3.22. The predicted octanol–water partition coefficient (Wildman–Crippen LogP) is 2.42. The molecular formula is C15H18O5. The van der Waals surface area contributed by atoms with Gasteiger partial charge in [0.1, 0.15) is 0 Å². The first kappa shape index (κ1) is 14.4. The number of aryl methyl sites for hydroxylation is 1. The van der Waals surface area contributed by atoms with Crippen molar-refractivity contribution in [3.05, 3.63) is 17.2 Å². The highest BCUT2D eigenvalue weighted by Crippen LogP contribution is 2.44. The fourth-order valence-corrected chi connectivity index (χ4v) is 2.50. The summed E-state index contributed by atoms with van der Waals surface area (Å²) in [7, 11) is 1.46. The number of esters is 2. The number of carbonyl (C=O) groups excluding carboxylic acids is 2. The SMILES string of the molecule is COc1c(OC(C)=O)cc2c(c1OC(C)=O)CCCC2. The average molecular weight is 278 g/mol. The molecule has 1 aromatic rings. The Morgan fingerprint density at radius 3 is 2.25 bits per heavy atom. The normalized spacial score (nSPS) is 13.3. The summed E-state index contributed by atoms with van der Waals surface area (Å²) in [5.41, 5.74) is 2.02. The molecule has 0 saturated heterocycles. The lowest BCUT2D eigenvalue weighted by Gasteiger charge is -2.22. The van der Waals surface area contributed by atoms with Crippen LogP contribution in [-0.2, 0) is 22.4 Å². The van der Waals surface area contributed by atoms with Crippen LogP contribution in [0.4, 0.5) is 0 Å². The van der Waals surface area contributed by atoms with Gasteiger partial charge < -0.3 is 14.2 Å². The molecule has 0 aromatic heterocycles. The number of hydrogen-bond acceptors (Lipinski definition) is 5. The second-order valence-electron chi connectivity index (χ2n) is 4.77. The van der Waals surface area contributed by atoms with Gasteiger partial charge in [-0.25, -0.2) is 0 Å². The van der Waals surface area contributed by atoms with Crippen LogP contribution in [0.25, 0.3) is 0 Å². The van der Waals surface area contributed by atoms with Crippen LogP contribution in [0.3, 0.4) is 0 Å². The molecule has 1 aliphatic carbocycles. The Labute approximate surface area is 117 Å². The zero-order valence-electron chi connectivity index (χ0n) is 11.9. The number of benzene rings is 1. The molecule has 2 rings (SSSR count). The summed E-state index contributed by atoms with van der Waals surface area (Å²) in [4.78, 5) is 22.5. The molecule has 0 heterocycles. The van der Waals surface area contributed by atoms with Gasteiger partial charge in [-0.05, 0) is 37.3 Å². The van der Waals surface area contributed by atoms with Crippen LogP contribution in [-0.4, -0.2) is 19.0 Å². The van der Waals surface area contributed by atoms with E-state index in [2.05, 4.69) is 0 Å². The molecule has 0 unspecified atom stereocenters. The van der Waals surface area contributed by atoms with E-state index in [-0.39, 0.29) is 0 Å². The molecule has 0 atom stereocenters. The molecule has 0 amide bonds. The molecule has 0 fully saturated rings. The summed E-state index contributed by atoms with van der Waals surface area (Å²) in [6, 6.07) is 1.81. The Balaban J connectivity index is 2.58. The molecule has 0 aliphatic heterocycles. The first-order valence-electron chi connectivity index (χ1n) is 6.62. The Kier molecular flexibility index (Phi) is 4.27. The van der Waals surface area contributed by atoms with Crippen LogP contribution in [0.15, 0.2) is 6.07 Å². The minimum Gasteiger partial charge on any atom is -0.490 e. The second-order valence-corrected chi connectivity index (χ2v) is 4.77. The minimum absolute atomic E-state index is 0.302. The summed E-state index contributed by atoms with van der Waals surface area (Å²) >= 11 is 0. The molecule has 0 spiro atoms. The van der Waals surface area contributed by atoms with Crippen molar-refractivity contribution in [1.29, 1.82) is 0 Å². The molecule has 5 nitrogen and oxygen atoms in total. The van der Waals surface area contributed by atoms with E-state index in [9.17, 15) is 9.59 Å². The molecule has 5 heteroatoms. The van der Waals surface area contributed by atoms with Gasteiger partial charge >= 0.3 is 11.9 Å². The summed E-state index contributed by atoms with van der Waals surface area (Å²) in [5, 5.41) is 0.